The predicted octanol–water partition coefficient (Wildman–Crippen LogP) is 4.12. The van der Waals surface area contributed by atoms with Crippen LogP contribution in [0.25, 0.3) is 11.3 Å². The Morgan fingerprint density at radius 2 is 1.51 bits per heavy atom. The van der Waals surface area contributed by atoms with Gasteiger partial charge in [0.25, 0.3) is 11.8 Å². The number of nitrogens with one attached hydrogen (secondary N) is 1. The summed E-state index contributed by atoms with van der Waals surface area (Å²) in [5.74, 6) is -0.628. The third-order valence-corrected chi connectivity index (χ3v) is 7.91. The summed E-state index contributed by atoms with van der Waals surface area (Å²) < 4.78 is 1.98. The van der Waals surface area contributed by atoms with Gasteiger partial charge < -0.3 is 25.4 Å². The standard InChI is InChI=1S/C29H33ClN6O3/c1-19(2)33-12-14-34(15-13-33)28(38)21-8-10-22(11-9-21)32-29(39)35-16-17-36-23(18-35)24(27(31)37)25(30)26(36)20-6-4-3-5-7-20/h3-11,19H,12-18H2,1-2H3,(H2,31,37)(H,32,39). The number of nitrogens with two attached hydrogens (primary N) is 1. The summed E-state index contributed by atoms with van der Waals surface area (Å²) in [7, 11) is 0. The molecule has 1 saturated heterocycles. The van der Waals surface area contributed by atoms with Crippen LogP contribution in [0.4, 0.5) is 10.5 Å². The van der Waals surface area contributed by atoms with Gasteiger partial charge in [0.05, 0.1) is 28.5 Å². The van der Waals surface area contributed by atoms with Gasteiger partial charge in [-0.15, -0.1) is 0 Å². The molecule has 5 rings (SSSR count). The summed E-state index contributed by atoms with van der Waals surface area (Å²) in [5, 5.41) is 3.21. The molecular weight excluding hydrogens is 516 g/mol. The van der Waals surface area contributed by atoms with Crippen LogP contribution in [-0.2, 0) is 13.1 Å². The lowest BCUT2D eigenvalue weighted by molar-refractivity contribution is 0.0595. The quantitative estimate of drug-likeness (QED) is 0.500. The van der Waals surface area contributed by atoms with Crippen molar-refractivity contribution >= 4 is 35.1 Å². The average molecular weight is 549 g/mol. The Bertz CT molecular complexity index is 1380. The first-order valence-corrected chi connectivity index (χ1v) is 13.6. The number of fused-ring (bicyclic) bond motifs is 1. The molecule has 2 aliphatic heterocycles. The lowest BCUT2D eigenvalue weighted by Crippen LogP contribution is -2.50. The van der Waals surface area contributed by atoms with Gasteiger partial charge in [0.2, 0.25) is 0 Å². The molecule has 2 aromatic carbocycles. The first-order valence-electron chi connectivity index (χ1n) is 13.2. The predicted molar refractivity (Wildman–Crippen MR) is 152 cm³/mol. The van der Waals surface area contributed by atoms with Crippen molar-refractivity contribution in [3.05, 3.63) is 76.4 Å². The molecule has 0 radical (unpaired) electrons. The van der Waals surface area contributed by atoms with Gasteiger partial charge in [-0.3, -0.25) is 14.5 Å². The van der Waals surface area contributed by atoms with E-state index in [1.54, 1.807) is 29.2 Å². The van der Waals surface area contributed by atoms with E-state index >= 15 is 0 Å². The van der Waals surface area contributed by atoms with Crippen molar-refractivity contribution in [2.24, 2.45) is 5.73 Å². The maximum Gasteiger partial charge on any atom is 0.322 e. The van der Waals surface area contributed by atoms with Gasteiger partial charge in [0, 0.05) is 56.6 Å². The van der Waals surface area contributed by atoms with Crippen molar-refractivity contribution in [1.29, 1.82) is 0 Å². The fraction of sp³-hybridized carbons (Fsp3) is 0.345. The zero-order valence-corrected chi connectivity index (χ0v) is 22.9. The minimum atomic E-state index is -0.626. The van der Waals surface area contributed by atoms with Gasteiger partial charge in [0.15, 0.2) is 0 Å². The van der Waals surface area contributed by atoms with E-state index in [1.807, 2.05) is 39.8 Å². The van der Waals surface area contributed by atoms with E-state index in [4.69, 9.17) is 17.3 Å². The zero-order valence-electron chi connectivity index (χ0n) is 22.2. The van der Waals surface area contributed by atoms with Crippen molar-refractivity contribution in [3.8, 4) is 11.3 Å². The van der Waals surface area contributed by atoms with Crippen LogP contribution >= 0.6 is 11.6 Å². The van der Waals surface area contributed by atoms with Gasteiger partial charge in [-0.1, -0.05) is 41.9 Å². The van der Waals surface area contributed by atoms with Crippen LogP contribution in [0.2, 0.25) is 5.02 Å². The van der Waals surface area contributed by atoms with Crippen LogP contribution in [0, 0.1) is 0 Å². The normalized spacial score (nSPS) is 15.8. The molecule has 4 amide bonds. The van der Waals surface area contributed by atoms with E-state index in [0.29, 0.717) is 54.2 Å². The SMILES string of the molecule is CC(C)N1CCN(C(=O)c2ccc(NC(=O)N3CCn4c(c(C(N)=O)c(Cl)c4-c4ccccc4)C3)cc2)CC1. The summed E-state index contributed by atoms with van der Waals surface area (Å²) in [6, 6.07) is 16.7. The fourth-order valence-corrected chi connectivity index (χ4v) is 5.76. The Morgan fingerprint density at radius 3 is 2.13 bits per heavy atom. The zero-order chi connectivity index (χ0) is 27.7. The summed E-state index contributed by atoms with van der Waals surface area (Å²) >= 11 is 6.65. The number of piperazine rings is 1. The van der Waals surface area contributed by atoms with Crippen LogP contribution in [0.1, 0.15) is 40.3 Å². The molecule has 1 fully saturated rings. The van der Waals surface area contributed by atoms with Gasteiger partial charge in [-0.25, -0.2) is 4.79 Å². The monoisotopic (exact) mass is 548 g/mol. The van der Waals surface area contributed by atoms with Crippen LogP contribution in [-0.4, -0.2) is 75.9 Å². The second-order valence-corrected chi connectivity index (χ2v) is 10.6. The molecule has 1 aromatic heterocycles. The molecule has 0 atom stereocenters. The van der Waals surface area contributed by atoms with Crippen molar-refractivity contribution in [1.82, 2.24) is 19.3 Å². The highest BCUT2D eigenvalue weighted by Crippen LogP contribution is 2.37. The molecule has 2 aliphatic rings. The molecule has 10 heteroatoms. The van der Waals surface area contributed by atoms with Crippen molar-refractivity contribution < 1.29 is 14.4 Å². The van der Waals surface area contributed by atoms with Gasteiger partial charge in [-0.05, 0) is 43.7 Å². The number of anilines is 1. The van der Waals surface area contributed by atoms with Crippen LogP contribution in [0.15, 0.2) is 54.6 Å². The highest BCUT2D eigenvalue weighted by molar-refractivity contribution is 6.36. The lowest BCUT2D eigenvalue weighted by Gasteiger charge is -2.37. The van der Waals surface area contributed by atoms with Crippen molar-refractivity contribution in [3.63, 3.8) is 0 Å². The highest BCUT2D eigenvalue weighted by atomic mass is 35.5. The molecule has 0 unspecified atom stereocenters. The van der Waals surface area contributed by atoms with E-state index in [-0.39, 0.29) is 24.0 Å². The maximum atomic E-state index is 13.1. The topological polar surface area (TPSA) is 104 Å². The molecule has 0 bridgehead atoms. The first-order chi connectivity index (χ1) is 18.7. The third kappa shape index (κ3) is 5.37. The molecule has 204 valence electrons. The summed E-state index contributed by atoms with van der Waals surface area (Å²) in [6.07, 6.45) is 0. The minimum absolute atomic E-state index is 0.00171. The number of urea groups is 1. The smallest absolute Gasteiger partial charge is 0.322 e. The molecule has 39 heavy (non-hydrogen) atoms. The molecule has 0 saturated carbocycles. The number of rotatable bonds is 5. The molecule has 3 aromatic rings. The fourth-order valence-electron chi connectivity index (χ4n) is 5.35. The van der Waals surface area contributed by atoms with E-state index < -0.39 is 5.91 Å². The number of carbonyl (C=O) groups is 3. The molecule has 3 N–H and O–H groups in total. The molecule has 0 aliphatic carbocycles. The number of carbonyl (C=O) groups excluding carboxylic acids is 3. The molecule has 3 heterocycles. The van der Waals surface area contributed by atoms with E-state index in [2.05, 4.69) is 24.1 Å². The minimum Gasteiger partial charge on any atom is -0.365 e. The number of benzene rings is 2. The van der Waals surface area contributed by atoms with Crippen LogP contribution in [0.3, 0.4) is 0 Å². The number of primary amides is 1. The molecular formula is C29H33ClN6O3. The Hall–Kier alpha value is -3.82. The second-order valence-electron chi connectivity index (χ2n) is 10.2. The summed E-state index contributed by atoms with van der Waals surface area (Å²) in [6.45, 7) is 8.57. The van der Waals surface area contributed by atoms with Crippen LogP contribution in [0.5, 0.6) is 0 Å². The second kappa shape index (κ2) is 11.1. The number of hydrogen-bond donors (Lipinski definition) is 2. The Balaban J connectivity index is 1.26. The van der Waals surface area contributed by atoms with E-state index in [0.717, 1.165) is 24.3 Å². The number of nitrogens with zero attached hydrogens (tertiary/aromatic N) is 4. The van der Waals surface area contributed by atoms with Crippen molar-refractivity contribution in [2.75, 3.05) is 38.0 Å². The highest BCUT2D eigenvalue weighted by Gasteiger charge is 2.31. The first kappa shape index (κ1) is 26.8. The lowest BCUT2D eigenvalue weighted by atomic mass is 10.1. The summed E-state index contributed by atoms with van der Waals surface area (Å²) in [5.41, 5.74) is 9.34. The number of aromatic nitrogens is 1. The molecule has 0 spiro atoms. The van der Waals surface area contributed by atoms with Crippen molar-refractivity contribution in [2.45, 2.75) is 33.0 Å². The van der Waals surface area contributed by atoms with Crippen LogP contribution < -0.4 is 11.1 Å². The van der Waals surface area contributed by atoms with E-state index in [1.165, 1.54) is 0 Å². The van der Waals surface area contributed by atoms with Gasteiger partial charge >= 0.3 is 6.03 Å². The largest absolute Gasteiger partial charge is 0.365 e. The Labute approximate surface area is 233 Å². The summed E-state index contributed by atoms with van der Waals surface area (Å²) in [4.78, 5) is 44.3. The third-order valence-electron chi connectivity index (χ3n) is 7.54. The average Bonchev–Trinajstić information content (AvgIpc) is 3.24. The van der Waals surface area contributed by atoms with Gasteiger partial charge in [0.1, 0.15) is 0 Å². The number of amides is 4. The van der Waals surface area contributed by atoms with E-state index in [9.17, 15) is 14.4 Å². The number of halogens is 1. The Kier molecular flexibility index (Phi) is 7.63. The maximum absolute atomic E-state index is 13.1. The van der Waals surface area contributed by atoms with Gasteiger partial charge in [-0.2, -0.15) is 0 Å². The molecule has 9 nitrogen and oxygen atoms in total. The Morgan fingerprint density at radius 1 is 0.872 bits per heavy atom. The number of hydrogen-bond acceptors (Lipinski definition) is 4.